The minimum atomic E-state index is -1.39. The van der Waals surface area contributed by atoms with Gasteiger partial charge in [-0.15, -0.1) is 0 Å². The maximum absolute atomic E-state index is 15.6. The fraction of sp³-hybridized carbons (Fsp3) is 0.500. The number of piperazine rings is 1. The number of carboxylic acid groups (broad SMARTS) is 1. The first kappa shape index (κ1) is 17.6. The van der Waals surface area contributed by atoms with Crippen molar-refractivity contribution >= 4 is 22.6 Å². The first-order valence-corrected chi connectivity index (χ1v) is 9.39. The molecule has 2 saturated heterocycles. The SMILES string of the molecule is CN1C2(C)CN(c3c(F)cc4c(=O)c(C(=O)O)cn(C5CC5)c4c3F)CC12C. The smallest absolute Gasteiger partial charge is 0.341 e. The summed E-state index contributed by atoms with van der Waals surface area (Å²) in [4.78, 5) is 27.9. The second kappa shape index (κ2) is 5.11. The molecule has 1 aromatic heterocycles. The lowest BCUT2D eigenvalue weighted by molar-refractivity contribution is 0.0694. The minimum absolute atomic E-state index is 0.00173. The second-order valence-corrected chi connectivity index (χ2v) is 8.70. The fourth-order valence-electron chi connectivity index (χ4n) is 4.97. The Bertz CT molecular complexity index is 1110. The van der Waals surface area contributed by atoms with E-state index in [1.54, 1.807) is 4.90 Å². The van der Waals surface area contributed by atoms with Gasteiger partial charge in [0, 0.05) is 25.3 Å². The summed E-state index contributed by atoms with van der Waals surface area (Å²) in [6.07, 6.45) is 2.74. The molecule has 5 rings (SSSR count). The van der Waals surface area contributed by atoms with Gasteiger partial charge in [-0.25, -0.2) is 13.6 Å². The number of fused-ring (bicyclic) bond motifs is 2. The van der Waals surface area contributed by atoms with Gasteiger partial charge in [-0.3, -0.25) is 9.69 Å². The third kappa shape index (κ3) is 1.98. The quantitative estimate of drug-likeness (QED) is 0.818. The van der Waals surface area contributed by atoms with Crippen molar-refractivity contribution in [3.8, 4) is 0 Å². The van der Waals surface area contributed by atoms with Crippen LogP contribution in [-0.2, 0) is 0 Å². The number of pyridine rings is 1. The summed E-state index contributed by atoms with van der Waals surface area (Å²) >= 11 is 0. The number of aromatic carboxylic acids is 1. The molecular formula is C20H21F2N3O3. The molecule has 8 heteroatoms. The lowest BCUT2D eigenvalue weighted by Gasteiger charge is -2.27. The average Bonchev–Trinajstić information content (AvgIpc) is 3.48. The monoisotopic (exact) mass is 389 g/mol. The Morgan fingerprint density at radius 2 is 1.82 bits per heavy atom. The summed E-state index contributed by atoms with van der Waals surface area (Å²) in [5.41, 5.74) is -1.75. The molecule has 28 heavy (non-hydrogen) atoms. The van der Waals surface area contributed by atoms with Crippen LogP contribution < -0.4 is 10.3 Å². The van der Waals surface area contributed by atoms with E-state index in [2.05, 4.69) is 18.7 Å². The number of anilines is 1. The Labute approximate surface area is 160 Å². The first-order chi connectivity index (χ1) is 13.1. The minimum Gasteiger partial charge on any atom is -0.477 e. The number of hydrogen-bond acceptors (Lipinski definition) is 4. The van der Waals surface area contributed by atoms with Gasteiger partial charge in [0.2, 0.25) is 5.43 Å². The summed E-state index contributed by atoms with van der Waals surface area (Å²) in [6.45, 7) is 5.12. The van der Waals surface area contributed by atoms with Crippen molar-refractivity contribution in [3.63, 3.8) is 0 Å². The van der Waals surface area contributed by atoms with E-state index in [1.807, 2.05) is 7.05 Å². The van der Waals surface area contributed by atoms with Crippen LogP contribution >= 0.6 is 0 Å². The van der Waals surface area contributed by atoms with Gasteiger partial charge >= 0.3 is 5.97 Å². The Kier molecular flexibility index (Phi) is 3.21. The summed E-state index contributed by atoms with van der Waals surface area (Å²) in [5, 5.41) is 9.10. The highest BCUT2D eigenvalue weighted by Crippen LogP contribution is 2.56. The van der Waals surface area contributed by atoms with E-state index in [0.29, 0.717) is 13.1 Å². The number of rotatable bonds is 3. The van der Waals surface area contributed by atoms with Gasteiger partial charge in [-0.05, 0) is 39.8 Å². The molecule has 3 fully saturated rings. The molecule has 3 aliphatic rings. The normalized spacial score (nSPS) is 31.3. The summed E-state index contributed by atoms with van der Waals surface area (Å²) in [7, 11) is 2.00. The number of benzene rings is 1. The third-order valence-electron chi connectivity index (χ3n) is 7.26. The zero-order valence-electron chi connectivity index (χ0n) is 15.9. The van der Waals surface area contributed by atoms with Crippen LogP contribution in [0.5, 0.6) is 0 Å². The van der Waals surface area contributed by atoms with Crippen LogP contribution in [0.4, 0.5) is 14.5 Å². The van der Waals surface area contributed by atoms with Gasteiger partial charge in [0.15, 0.2) is 5.82 Å². The predicted molar refractivity (Wildman–Crippen MR) is 100 cm³/mol. The summed E-state index contributed by atoms with van der Waals surface area (Å²) in [6, 6.07) is 0.932. The van der Waals surface area contributed by atoms with Crippen molar-refractivity contribution in [1.29, 1.82) is 0 Å². The molecule has 1 aromatic carbocycles. The molecule has 2 atom stereocenters. The Balaban J connectivity index is 1.73. The van der Waals surface area contributed by atoms with Crippen LogP contribution in [0, 0.1) is 11.6 Å². The van der Waals surface area contributed by atoms with Crippen molar-refractivity contribution < 1.29 is 18.7 Å². The molecule has 0 spiro atoms. The van der Waals surface area contributed by atoms with E-state index in [0.717, 1.165) is 18.9 Å². The van der Waals surface area contributed by atoms with Gasteiger partial charge in [0.05, 0.1) is 22.0 Å². The van der Waals surface area contributed by atoms with Crippen LogP contribution in [-0.4, -0.2) is 51.8 Å². The van der Waals surface area contributed by atoms with Crippen molar-refractivity contribution in [2.45, 2.75) is 43.8 Å². The second-order valence-electron chi connectivity index (χ2n) is 8.70. The van der Waals surface area contributed by atoms with Crippen LogP contribution in [0.15, 0.2) is 17.1 Å². The molecule has 2 aromatic rings. The van der Waals surface area contributed by atoms with E-state index in [4.69, 9.17) is 0 Å². The topological polar surface area (TPSA) is 65.6 Å². The van der Waals surface area contributed by atoms with Crippen molar-refractivity contribution in [3.05, 3.63) is 39.7 Å². The number of carbonyl (C=O) groups is 1. The van der Waals surface area contributed by atoms with E-state index < -0.39 is 28.6 Å². The molecule has 1 aliphatic carbocycles. The lowest BCUT2D eigenvalue weighted by Crippen LogP contribution is -2.34. The van der Waals surface area contributed by atoms with Gasteiger partial charge < -0.3 is 14.6 Å². The predicted octanol–water partition coefficient (Wildman–Crippen LogP) is 2.60. The van der Waals surface area contributed by atoms with Crippen molar-refractivity contribution in [2.75, 3.05) is 25.0 Å². The summed E-state index contributed by atoms with van der Waals surface area (Å²) in [5.74, 6) is -3.01. The number of halogens is 2. The third-order valence-corrected chi connectivity index (χ3v) is 7.26. The van der Waals surface area contributed by atoms with Gasteiger partial charge in [-0.1, -0.05) is 0 Å². The average molecular weight is 389 g/mol. The van der Waals surface area contributed by atoms with Crippen LogP contribution in [0.2, 0.25) is 0 Å². The lowest BCUT2D eigenvalue weighted by atomic mass is 10.0. The number of likely N-dealkylation sites (N-methyl/N-ethyl adjacent to an activating group) is 1. The maximum Gasteiger partial charge on any atom is 0.341 e. The molecule has 2 unspecified atom stereocenters. The number of nitrogens with zero attached hydrogens (tertiary/aromatic N) is 3. The molecule has 2 aliphatic heterocycles. The van der Waals surface area contributed by atoms with Crippen LogP contribution in [0.25, 0.3) is 10.9 Å². The highest BCUT2D eigenvalue weighted by atomic mass is 19.1. The number of hydrogen-bond donors (Lipinski definition) is 1. The molecule has 0 amide bonds. The fourth-order valence-corrected chi connectivity index (χ4v) is 4.97. The molecular weight excluding hydrogens is 368 g/mol. The Morgan fingerprint density at radius 1 is 1.21 bits per heavy atom. The Hall–Kier alpha value is -2.48. The largest absolute Gasteiger partial charge is 0.477 e. The molecule has 1 N–H and O–H groups in total. The maximum atomic E-state index is 15.6. The molecule has 3 heterocycles. The highest BCUT2D eigenvalue weighted by Gasteiger charge is 2.72. The zero-order valence-corrected chi connectivity index (χ0v) is 15.9. The van der Waals surface area contributed by atoms with Crippen LogP contribution in [0.3, 0.4) is 0 Å². The standard InChI is InChI=1S/C20H21F2N3O3/c1-19-8-24(9-20(19,2)23(19)3)16-13(21)6-11-15(14(16)22)25(10-4-5-10)7-12(17(11)26)18(27)28/h6-7,10H,4-5,8-9H2,1-3H3,(H,27,28). The van der Waals surface area contributed by atoms with E-state index in [9.17, 15) is 19.1 Å². The first-order valence-electron chi connectivity index (χ1n) is 9.39. The molecule has 6 nitrogen and oxygen atoms in total. The molecule has 0 bridgehead atoms. The highest BCUT2D eigenvalue weighted by molar-refractivity contribution is 5.94. The molecule has 0 radical (unpaired) electrons. The van der Waals surface area contributed by atoms with Crippen molar-refractivity contribution in [2.24, 2.45) is 0 Å². The van der Waals surface area contributed by atoms with Crippen molar-refractivity contribution in [1.82, 2.24) is 9.47 Å². The summed E-state index contributed by atoms with van der Waals surface area (Å²) < 4.78 is 32.1. The van der Waals surface area contributed by atoms with Gasteiger partial charge in [-0.2, -0.15) is 0 Å². The van der Waals surface area contributed by atoms with Gasteiger partial charge in [0.25, 0.3) is 0 Å². The van der Waals surface area contributed by atoms with E-state index in [-0.39, 0.29) is 33.7 Å². The van der Waals surface area contributed by atoms with E-state index >= 15 is 4.39 Å². The van der Waals surface area contributed by atoms with E-state index in [1.165, 1.54) is 10.8 Å². The van der Waals surface area contributed by atoms with Crippen LogP contribution in [0.1, 0.15) is 43.1 Å². The molecule has 148 valence electrons. The number of carboxylic acids is 1. The number of aromatic nitrogens is 1. The Morgan fingerprint density at radius 3 is 2.36 bits per heavy atom. The van der Waals surface area contributed by atoms with Gasteiger partial charge in [0.1, 0.15) is 17.1 Å². The molecule has 1 saturated carbocycles. The zero-order chi connectivity index (χ0) is 20.2.